The highest BCUT2D eigenvalue weighted by atomic mass is 35.5. The van der Waals surface area contributed by atoms with Crippen LogP contribution in [0.3, 0.4) is 0 Å². The van der Waals surface area contributed by atoms with E-state index in [4.69, 9.17) is 16.4 Å². The maximum Gasteiger partial charge on any atom is 0.199 e. The molecule has 0 spiro atoms. The molecule has 0 aliphatic carbocycles. The molecular formula is C15H20ClNO3S. The first-order chi connectivity index (χ1) is 9.67. The van der Waals surface area contributed by atoms with Crippen molar-refractivity contribution in [1.82, 2.24) is 0 Å². The van der Waals surface area contributed by atoms with Gasteiger partial charge < -0.3 is 4.84 Å². The Kier molecular flexibility index (Phi) is 4.36. The minimum Gasteiger partial charge on any atom is -0.387 e. The first kappa shape index (κ1) is 16.3. The smallest absolute Gasteiger partial charge is 0.199 e. The third-order valence-electron chi connectivity index (χ3n) is 3.71. The lowest BCUT2D eigenvalue weighted by atomic mass is 10.0. The van der Waals surface area contributed by atoms with Crippen LogP contribution in [-0.2, 0) is 20.4 Å². The van der Waals surface area contributed by atoms with Gasteiger partial charge in [0.2, 0.25) is 0 Å². The Hall–Kier alpha value is -1.07. The molecule has 1 aromatic rings. The summed E-state index contributed by atoms with van der Waals surface area (Å²) < 4.78 is 25.1. The standard InChI is InChI=1S/C15H20ClNO3S/c1-10-5-11(2)13(12(3)6-10)8-21(18,19)14-7-15(4,9-16)20-17-14/h5-6H,7-9H2,1-4H3. The number of halogens is 1. The third-order valence-corrected chi connectivity index (χ3v) is 5.88. The van der Waals surface area contributed by atoms with Gasteiger partial charge in [0.15, 0.2) is 20.5 Å². The molecule has 0 amide bonds. The molecule has 2 rings (SSSR count). The van der Waals surface area contributed by atoms with E-state index in [0.29, 0.717) is 0 Å². The van der Waals surface area contributed by atoms with Crippen LogP contribution in [0, 0.1) is 20.8 Å². The van der Waals surface area contributed by atoms with E-state index in [1.807, 2.05) is 32.9 Å². The van der Waals surface area contributed by atoms with Crippen molar-refractivity contribution in [2.24, 2.45) is 5.16 Å². The van der Waals surface area contributed by atoms with Gasteiger partial charge >= 0.3 is 0 Å². The zero-order valence-electron chi connectivity index (χ0n) is 12.7. The SMILES string of the molecule is Cc1cc(C)c(CS(=O)(=O)C2=NOC(C)(CCl)C2)c(C)c1. The van der Waals surface area contributed by atoms with E-state index >= 15 is 0 Å². The topological polar surface area (TPSA) is 55.7 Å². The predicted octanol–water partition coefficient (Wildman–Crippen LogP) is 3.26. The average Bonchev–Trinajstić information content (AvgIpc) is 2.78. The van der Waals surface area contributed by atoms with E-state index in [-0.39, 0.29) is 23.1 Å². The lowest BCUT2D eigenvalue weighted by Gasteiger charge is -2.17. The summed E-state index contributed by atoms with van der Waals surface area (Å²) in [6.07, 6.45) is 0.225. The van der Waals surface area contributed by atoms with Gasteiger partial charge in [0.05, 0.1) is 11.6 Å². The van der Waals surface area contributed by atoms with Gasteiger partial charge in [0.25, 0.3) is 0 Å². The Morgan fingerprint density at radius 3 is 2.33 bits per heavy atom. The molecule has 1 unspecified atom stereocenters. The highest BCUT2D eigenvalue weighted by Gasteiger charge is 2.39. The van der Waals surface area contributed by atoms with Gasteiger partial charge in [-0.1, -0.05) is 22.9 Å². The summed E-state index contributed by atoms with van der Waals surface area (Å²) in [5, 5.41) is 3.84. The second-order valence-corrected chi connectivity index (χ2v) is 8.23. The Morgan fingerprint density at radius 2 is 1.86 bits per heavy atom. The molecule has 21 heavy (non-hydrogen) atoms. The molecule has 0 bridgehead atoms. The molecule has 4 nitrogen and oxygen atoms in total. The van der Waals surface area contributed by atoms with Crippen molar-refractivity contribution in [2.75, 3.05) is 5.88 Å². The van der Waals surface area contributed by atoms with Crippen LogP contribution < -0.4 is 0 Å². The van der Waals surface area contributed by atoms with E-state index in [1.165, 1.54) is 0 Å². The van der Waals surface area contributed by atoms with Crippen LogP contribution in [0.4, 0.5) is 0 Å². The van der Waals surface area contributed by atoms with Crippen molar-refractivity contribution >= 4 is 26.5 Å². The number of rotatable bonds is 3. The van der Waals surface area contributed by atoms with Crippen molar-refractivity contribution in [3.63, 3.8) is 0 Å². The summed E-state index contributed by atoms with van der Waals surface area (Å²) in [7, 11) is -3.49. The Bertz CT molecular complexity index is 674. The number of hydrogen-bond donors (Lipinski definition) is 0. The van der Waals surface area contributed by atoms with Crippen molar-refractivity contribution in [2.45, 2.75) is 45.5 Å². The molecule has 0 fully saturated rings. The van der Waals surface area contributed by atoms with Crippen molar-refractivity contribution in [1.29, 1.82) is 0 Å². The summed E-state index contributed by atoms with van der Waals surface area (Å²) in [6.45, 7) is 7.62. The summed E-state index contributed by atoms with van der Waals surface area (Å²) in [4.78, 5) is 5.18. The minimum atomic E-state index is -3.49. The van der Waals surface area contributed by atoms with E-state index in [2.05, 4.69) is 5.16 Å². The Morgan fingerprint density at radius 1 is 1.29 bits per heavy atom. The largest absolute Gasteiger partial charge is 0.387 e. The normalized spacial score (nSPS) is 22.0. The molecule has 0 radical (unpaired) electrons. The van der Waals surface area contributed by atoms with Crippen molar-refractivity contribution in [3.8, 4) is 0 Å². The van der Waals surface area contributed by atoms with Gasteiger partial charge in [-0.3, -0.25) is 0 Å². The van der Waals surface area contributed by atoms with Crippen LogP contribution in [0.5, 0.6) is 0 Å². The maximum absolute atomic E-state index is 12.5. The maximum atomic E-state index is 12.5. The number of alkyl halides is 1. The lowest BCUT2D eigenvalue weighted by Crippen LogP contribution is -2.28. The van der Waals surface area contributed by atoms with Crippen LogP contribution in [0.2, 0.25) is 0 Å². The van der Waals surface area contributed by atoms with Gasteiger partial charge in [-0.15, -0.1) is 11.6 Å². The summed E-state index contributed by atoms with van der Waals surface area (Å²) in [5.74, 6) is 0.156. The summed E-state index contributed by atoms with van der Waals surface area (Å²) in [6, 6.07) is 3.99. The molecule has 0 N–H and O–H groups in total. The molecule has 0 saturated heterocycles. The van der Waals surface area contributed by atoms with E-state index in [0.717, 1.165) is 22.3 Å². The third kappa shape index (κ3) is 3.40. The fraction of sp³-hybridized carbons (Fsp3) is 0.533. The summed E-state index contributed by atoms with van der Waals surface area (Å²) in [5.41, 5.74) is 3.21. The number of hydrogen-bond acceptors (Lipinski definition) is 4. The molecule has 0 saturated carbocycles. The van der Waals surface area contributed by atoms with Crippen LogP contribution in [0.15, 0.2) is 17.3 Å². The molecule has 116 valence electrons. The monoisotopic (exact) mass is 329 g/mol. The van der Waals surface area contributed by atoms with Crippen molar-refractivity contribution in [3.05, 3.63) is 34.4 Å². The predicted molar refractivity (Wildman–Crippen MR) is 85.5 cm³/mol. The van der Waals surface area contributed by atoms with E-state index < -0.39 is 15.4 Å². The van der Waals surface area contributed by atoms with Crippen LogP contribution in [0.1, 0.15) is 35.6 Å². The Labute approximate surface area is 131 Å². The molecule has 1 aromatic carbocycles. The quantitative estimate of drug-likeness (QED) is 0.800. The molecule has 6 heteroatoms. The van der Waals surface area contributed by atoms with E-state index in [1.54, 1.807) is 6.92 Å². The van der Waals surface area contributed by atoms with Gasteiger partial charge in [0.1, 0.15) is 0 Å². The average molecular weight is 330 g/mol. The van der Waals surface area contributed by atoms with Gasteiger partial charge in [-0.25, -0.2) is 8.42 Å². The molecule has 1 aliphatic rings. The second-order valence-electron chi connectivity index (χ2n) is 5.97. The Balaban J connectivity index is 2.28. The van der Waals surface area contributed by atoms with Crippen LogP contribution in [0.25, 0.3) is 0 Å². The fourth-order valence-electron chi connectivity index (χ4n) is 2.49. The fourth-order valence-corrected chi connectivity index (χ4v) is 4.32. The van der Waals surface area contributed by atoms with Gasteiger partial charge in [0, 0.05) is 6.42 Å². The first-order valence-electron chi connectivity index (χ1n) is 6.77. The minimum absolute atomic E-state index is 0.0501. The van der Waals surface area contributed by atoms with Gasteiger partial charge in [-0.05, 0) is 44.4 Å². The number of benzene rings is 1. The van der Waals surface area contributed by atoms with Crippen molar-refractivity contribution < 1.29 is 13.3 Å². The number of nitrogens with zero attached hydrogens (tertiary/aromatic N) is 1. The zero-order chi connectivity index (χ0) is 15.8. The molecule has 1 heterocycles. The highest BCUT2D eigenvalue weighted by molar-refractivity contribution is 8.05. The molecule has 1 atom stereocenters. The number of aryl methyl sites for hydroxylation is 3. The van der Waals surface area contributed by atoms with Crippen LogP contribution in [-0.4, -0.2) is 24.9 Å². The zero-order valence-corrected chi connectivity index (χ0v) is 14.3. The highest BCUT2D eigenvalue weighted by Crippen LogP contribution is 2.29. The van der Waals surface area contributed by atoms with Crippen LogP contribution >= 0.6 is 11.6 Å². The van der Waals surface area contributed by atoms with E-state index in [9.17, 15) is 8.42 Å². The molecule has 0 aromatic heterocycles. The molecular weight excluding hydrogens is 310 g/mol. The molecule has 1 aliphatic heterocycles. The lowest BCUT2D eigenvalue weighted by molar-refractivity contribution is 0.0152. The number of sulfone groups is 1. The summed E-state index contributed by atoms with van der Waals surface area (Å²) >= 11 is 5.80. The van der Waals surface area contributed by atoms with Gasteiger partial charge in [-0.2, -0.15) is 0 Å². The second kappa shape index (κ2) is 5.61. The number of oxime groups is 1. The first-order valence-corrected chi connectivity index (χ1v) is 8.96.